The Morgan fingerprint density at radius 2 is 2.17 bits per heavy atom. The third kappa shape index (κ3) is 4.43. The summed E-state index contributed by atoms with van der Waals surface area (Å²) in [7, 11) is 0. The minimum absolute atomic E-state index is 0.0651. The van der Waals surface area contributed by atoms with E-state index in [1.807, 2.05) is 51.1 Å². The van der Waals surface area contributed by atoms with Crippen LogP contribution in [0.3, 0.4) is 0 Å². The smallest absolute Gasteiger partial charge is 0.257 e. The Morgan fingerprint density at radius 3 is 2.88 bits per heavy atom. The zero-order valence-corrected chi connectivity index (χ0v) is 14.3. The highest BCUT2D eigenvalue weighted by molar-refractivity contribution is 5.79. The lowest BCUT2D eigenvalue weighted by molar-refractivity contribution is 0.327. The van der Waals surface area contributed by atoms with E-state index >= 15 is 0 Å². The first-order chi connectivity index (χ1) is 11.5. The summed E-state index contributed by atoms with van der Waals surface area (Å²) in [5, 5.41) is 13.2. The quantitative estimate of drug-likeness (QED) is 0.713. The lowest BCUT2D eigenvalue weighted by Gasteiger charge is -2.05. The van der Waals surface area contributed by atoms with Gasteiger partial charge in [0.25, 0.3) is 5.56 Å². The van der Waals surface area contributed by atoms with Crippen molar-refractivity contribution >= 4 is 16.6 Å². The lowest BCUT2D eigenvalue weighted by atomic mass is 10.1. The fraction of sp³-hybridized carbons (Fsp3) is 0.263. The van der Waals surface area contributed by atoms with Gasteiger partial charge in [-0.1, -0.05) is 13.0 Å². The van der Waals surface area contributed by atoms with Gasteiger partial charge in [0.2, 0.25) is 0 Å². The average Bonchev–Trinajstić information content (AvgIpc) is 2.60. The van der Waals surface area contributed by atoms with Gasteiger partial charge in [-0.2, -0.15) is 0 Å². The Balaban J connectivity index is 2.22. The van der Waals surface area contributed by atoms with Gasteiger partial charge < -0.3 is 15.4 Å². The predicted octanol–water partition coefficient (Wildman–Crippen LogP) is 3.11. The maximum absolute atomic E-state index is 12.2. The van der Waals surface area contributed by atoms with E-state index in [0.29, 0.717) is 11.2 Å². The topological polar surface area (TPSA) is 78.0 Å². The fourth-order valence-electron chi connectivity index (χ4n) is 2.20. The predicted molar refractivity (Wildman–Crippen MR) is 98.4 cm³/mol. The van der Waals surface area contributed by atoms with Crippen LogP contribution in [0.1, 0.15) is 32.8 Å². The molecule has 24 heavy (non-hydrogen) atoms. The molecule has 0 saturated heterocycles. The molecule has 0 radical (unpaired) electrons. The van der Waals surface area contributed by atoms with Gasteiger partial charge in [-0.25, -0.2) is 4.98 Å². The number of pyridine rings is 2. The van der Waals surface area contributed by atoms with Crippen LogP contribution < -0.4 is 10.9 Å². The molecular formula is C19H23N3O2. The second-order valence-corrected chi connectivity index (χ2v) is 5.61. The molecule has 0 aliphatic carbocycles. The van der Waals surface area contributed by atoms with Crippen molar-refractivity contribution in [1.29, 1.82) is 0 Å². The van der Waals surface area contributed by atoms with Crippen molar-refractivity contribution in [3.05, 3.63) is 69.9 Å². The van der Waals surface area contributed by atoms with E-state index in [1.165, 1.54) is 0 Å². The van der Waals surface area contributed by atoms with Gasteiger partial charge in [0.05, 0.1) is 6.61 Å². The van der Waals surface area contributed by atoms with Crippen molar-refractivity contribution in [3.63, 3.8) is 0 Å². The largest absolute Gasteiger partial charge is 0.392 e. The summed E-state index contributed by atoms with van der Waals surface area (Å²) in [4.78, 5) is 19.1. The number of H-pyrrole nitrogens is 1. The minimum atomic E-state index is -0.160. The highest BCUT2D eigenvalue weighted by atomic mass is 16.3. The molecule has 2 aromatic rings. The molecule has 0 atom stereocenters. The third-order valence-electron chi connectivity index (χ3n) is 3.78. The number of nitrogens with one attached hydrogen (secondary N) is 2. The fourth-order valence-corrected chi connectivity index (χ4v) is 2.20. The third-order valence-corrected chi connectivity index (χ3v) is 3.78. The van der Waals surface area contributed by atoms with Gasteiger partial charge in [-0.05, 0) is 55.7 Å². The van der Waals surface area contributed by atoms with E-state index < -0.39 is 0 Å². The molecule has 0 fully saturated rings. The summed E-state index contributed by atoms with van der Waals surface area (Å²) in [6, 6.07) is 5.60. The van der Waals surface area contributed by atoms with Gasteiger partial charge in [-0.3, -0.25) is 4.79 Å². The van der Waals surface area contributed by atoms with Crippen LogP contribution >= 0.6 is 0 Å². The summed E-state index contributed by atoms with van der Waals surface area (Å²) in [6.45, 7) is 5.88. The molecule has 0 aliphatic rings. The molecule has 2 rings (SSSR count). The Hall–Kier alpha value is -2.66. The zero-order valence-electron chi connectivity index (χ0n) is 14.3. The maximum atomic E-state index is 12.2. The molecule has 0 spiro atoms. The van der Waals surface area contributed by atoms with Gasteiger partial charge in [-0.15, -0.1) is 0 Å². The molecular weight excluding hydrogens is 302 g/mol. The van der Waals surface area contributed by atoms with Crippen LogP contribution in [0.5, 0.6) is 0 Å². The molecule has 0 unspecified atom stereocenters. The number of hydrogen-bond acceptors (Lipinski definition) is 4. The van der Waals surface area contributed by atoms with Crippen molar-refractivity contribution in [1.82, 2.24) is 15.3 Å². The van der Waals surface area contributed by atoms with Crippen LogP contribution in [0.15, 0.2) is 58.8 Å². The van der Waals surface area contributed by atoms with Crippen LogP contribution in [0.2, 0.25) is 0 Å². The molecule has 0 aliphatic heterocycles. The Bertz CT molecular complexity index is 854. The number of hydrogen-bond donors (Lipinski definition) is 3. The molecule has 2 heterocycles. The molecule has 0 amide bonds. The molecule has 5 nitrogen and oxygen atoms in total. The first-order valence-electron chi connectivity index (χ1n) is 7.94. The first kappa shape index (κ1) is 17.7. The van der Waals surface area contributed by atoms with Crippen molar-refractivity contribution in [2.75, 3.05) is 6.61 Å². The van der Waals surface area contributed by atoms with E-state index in [4.69, 9.17) is 5.11 Å². The number of allylic oxidation sites excluding steroid dienone is 4. The normalized spacial score (nSPS) is 13.4. The van der Waals surface area contributed by atoms with Crippen LogP contribution in [0.4, 0.5) is 0 Å². The van der Waals surface area contributed by atoms with Gasteiger partial charge >= 0.3 is 0 Å². The summed E-state index contributed by atoms with van der Waals surface area (Å²) < 4.78 is 0. The van der Waals surface area contributed by atoms with Crippen LogP contribution in [-0.4, -0.2) is 21.7 Å². The number of aliphatic hydroxyl groups is 1. The second kappa shape index (κ2) is 8.26. The molecule has 0 saturated carbocycles. The van der Waals surface area contributed by atoms with E-state index in [-0.39, 0.29) is 12.2 Å². The van der Waals surface area contributed by atoms with Crippen molar-refractivity contribution in [2.24, 2.45) is 0 Å². The number of rotatable bonds is 6. The second-order valence-electron chi connectivity index (χ2n) is 5.61. The van der Waals surface area contributed by atoms with Crippen LogP contribution in [-0.2, 0) is 0 Å². The Labute approximate surface area is 141 Å². The van der Waals surface area contributed by atoms with Crippen LogP contribution in [0, 0.1) is 0 Å². The molecule has 126 valence electrons. The van der Waals surface area contributed by atoms with E-state index in [2.05, 4.69) is 15.3 Å². The van der Waals surface area contributed by atoms with E-state index in [9.17, 15) is 4.79 Å². The maximum Gasteiger partial charge on any atom is 0.257 e. The minimum Gasteiger partial charge on any atom is -0.392 e. The Morgan fingerprint density at radius 1 is 1.38 bits per heavy atom. The first-order valence-corrected chi connectivity index (χ1v) is 7.94. The Kier molecular flexibility index (Phi) is 6.09. The standard InChI is InChI=1S/C19H23N3O2/c1-4-15(12-23)8-7-14(3)21-11-13(2)17-10-16-6-5-9-20-18(16)22-19(17)24/h5-11,21,23H,4,12H2,1-3H3,(H,20,22,24)/b13-11+,14-7+,15-8+. The van der Waals surface area contributed by atoms with E-state index in [1.54, 1.807) is 12.4 Å². The summed E-state index contributed by atoms with van der Waals surface area (Å²) in [6.07, 6.45) is 8.08. The number of aromatic amines is 1. The highest BCUT2D eigenvalue weighted by Crippen LogP contribution is 2.13. The summed E-state index contributed by atoms with van der Waals surface area (Å²) in [5.74, 6) is 0. The van der Waals surface area contributed by atoms with Gasteiger partial charge in [0.1, 0.15) is 5.65 Å². The lowest BCUT2D eigenvalue weighted by Crippen LogP contribution is -2.13. The average molecular weight is 325 g/mol. The molecule has 5 heteroatoms. The summed E-state index contributed by atoms with van der Waals surface area (Å²) >= 11 is 0. The SMILES string of the molecule is CC/C(=C\C=C(/C)N/C=C(\C)c1cc2cccnc2[nH]c1=O)CO. The molecule has 0 bridgehead atoms. The monoisotopic (exact) mass is 325 g/mol. The van der Waals surface area contributed by atoms with Crippen LogP contribution in [0.25, 0.3) is 16.6 Å². The highest BCUT2D eigenvalue weighted by Gasteiger charge is 2.05. The molecule has 0 aromatic carbocycles. The zero-order chi connectivity index (χ0) is 17.5. The number of nitrogens with zero attached hydrogens (tertiary/aromatic N) is 1. The van der Waals surface area contributed by atoms with Crippen molar-refractivity contribution in [2.45, 2.75) is 27.2 Å². The van der Waals surface area contributed by atoms with Crippen molar-refractivity contribution < 1.29 is 5.11 Å². The number of aliphatic hydroxyl groups excluding tert-OH is 1. The van der Waals surface area contributed by atoms with E-state index in [0.717, 1.165) is 28.7 Å². The summed E-state index contributed by atoms with van der Waals surface area (Å²) in [5.41, 5.74) is 3.76. The van der Waals surface area contributed by atoms with Gasteiger partial charge in [0.15, 0.2) is 0 Å². The van der Waals surface area contributed by atoms with Crippen molar-refractivity contribution in [3.8, 4) is 0 Å². The molecule has 3 N–H and O–H groups in total. The molecule has 2 aromatic heterocycles. The van der Waals surface area contributed by atoms with Gasteiger partial charge in [0, 0.05) is 29.0 Å². The number of aromatic nitrogens is 2. The number of fused-ring (bicyclic) bond motifs is 1.